The maximum absolute atomic E-state index is 11.0. The lowest BCUT2D eigenvalue weighted by Gasteiger charge is -2.02. The molecule has 0 aliphatic carbocycles. The first-order valence-electron chi connectivity index (χ1n) is 5.60. The first-order valence-corrected chi connectivity index (χ1v) is 5.60. The number of carbonyl (C=O) groups is 1. The molecule has 3 rings (SSSR count). The number of fused-ring (bicyclic) bond motifs is 3. The van der Waals surface area contributed by atoms with E-state index in [2.05, 4.69) is 4.98 Å². The second-order valence-corrected chi connectivity index (χ2v) is 4.33. The first kappa shape index (κ1) is 10.8. The Labute approximate surface area is 103 Å². The average molecular weight is 241 g/mol. The first-order chi connectivity index (χ1) is 8.56. The molecule has 0 unspecified atom stereocenters. The summed E-state index contributed by atoms with van der Waals surface area (Å²) in [5.74, 6) is -0.156. The zero-order valence-corrected chi connectivity index (χ0v) is 10.0. The summed E-state index contributed by atoms with van der Waals surface area (Å²) < 4.78 is 5.66. The van der Waals surface area contributed by atoms with Crippen LogP contribution in [-0.4, -0.2) is 16.1 Å². The van der Waals surface area contributed by atoms with E-state index in [1.165, 1.54) is 0 Å². The summed E-state index contributed by atoms with van der Waals surface area (Å²) in [5, 5.41) is 10.7. The third-order valence-corrected chi connectivity index (χ3v) is 3.02. The van der Waals surface area contributed by atoms with Crippen molar-refractivity contribution in [3.8, 4) is 0 Å². The highest BCUT2D eigenvalue weighted by Gasteiger charge is 2.12. The van der Waals surface area contributed by atoms with E-state index < -0.39 is 5.97 Å². The smallest absolute Gasteiger partial charge is 0.335 e. The highest BCUT2D eigenvalue weighted by Crippen LogP contribution is 2.29. The number of pyridine rings is 1. The Bertz CT molecular complexity index is 786. The molecule has 0 amide bonds. The molecule has 90 valence electrons. The van der Waals surface area contributed by atoms with Gasteiger partial charge in [0, 0.05) is 16.5 Å². The number of hydrogen-bond donors (Lipinski definition) is 1. The van der Waals surface area contributed by atoms with Crippen LogP contribution in [0.15, 0.2) is 28.7 Å². The van der Waals surface area contributed by atoms with Gasteiger partial charge in [-0.3, -0.25) is 4.98 Å². The molecule has 4 nitrogen and oxygen atoms in total. The number of rotatable bonds is 1. The van der Waals surface area contributed by atoms with Crippen molar-refractivity contribution >= 4 is 27.8 Å². The Morgan fingerprint density at radius 3 is 2.72 bits per heavy atom. The number of aromatic carboxylic acids is 1. The summed E-state index contributed by atoms with van der Waals surface area (Å²) in [5.41, 5.74) is 2.58. The van der Waals surface area contributed by atoms with Crippen LogP contribution in [0.3, 0.4) is 0 Å². The van der Waals surface area contributed by atoms with Gasteiger partial charge in [-0.2, -0.15) is 0 Å². The molecule has 1 N–H and O–H groups in total. The largest absolute Gasteiger partial charge is 0.478 e. The van der Waals surface area contributed by atoms with Gasteiger partial charge >= 0.3 is 5.97 Å². The second kappa shape index (κ2) is 3.57. The maximum atomic E-state index is 11.0. The molecular formula is C14H11NO3. The second-order valence-electron chi connectivity index (χ2n) is 4.33. The Balaban J connectivity index is 2.49. The number of benzene rings is 1. The summed E-state index contributed by atoms with van der Waals surface area (Å²) in [7, 11) is 0. The van der Waals surface area contributed by atoms with Crippen molar-refractivity contribution in [1.82, 2.24) is 4.98 Å². The van der Waals surface area contributed by atoms with Gasteiger partial charge in [0.15, 0.2) is 0 Å². The molecule has 2 aromatic heterocycles. The van der Waals surface area contributed by atoms with E-state index >= 15 is 0 Å². The van der Waals surface area contributed by atoms with Crippen LogP contribution >= 0.6 is 0 Å². The lowest BCUT2D eigenvalue weighted by Crippen LogP contribution is -1.96. The van der Waals surface area contributed by atoms with Crippen LogP contribution in [-0.2, 0) is 0 Å². The highest BCUT2D eigenvalue weighted by atomic mass is 16.4. The predicted molar refractivity (Wildman–Crippen MR) is 67.9 cm³/mol. The molecule has 4 heteroatoms. The summed E-state index contributed by atoms with van der Waals surface area (Å²) in [6.07, 6.45) is 0. The minimum absolute atomic E-state index is 0.239. The molecule has 0 radical (unpaired) electrons. The zero-order valence-electron chi connectivity index (χ0n) is 10.0. The number of aromatic nitrogens is 1. The number of carboxylic acids is 1. The lowest BCUT2D eigenvalue weighted by molar-refractivity contribution is 0.0697. The van der Waals surface area contributed by atoms with E-state index in [-0.39, 0.29) is 5.56 Å². The summed E-state index contributed by atoms with van der Waals surface area (Å²) in [6, 6.07) is 6.79. The summed E-state index contributed by atoms with van der Waals surface area (Å²) >= 11 is 0. The van der Waals surface area contributed by atoms with Crippen molar-refractivity contribution in [2.75, 3.05) is 0 Å². The fraction of sp³-hybridized carbons (Fsp3) is 0.143. The van der Waals surface area contributed by atoms with Crippen LogP contribution in [0, 0.1) is 13.8 Å². The topological polar surface area (TPSA) is 63.3 Å². The number of furan rings is 1. The predicted octanol–water partition coefficient (Wildman–Crippen LogP) is 3.30. The molecule has 0 saturated heterocycles. The molecule has 0 spiro atoms. The van der Waals surface area contributed by atoms with Crippen molar-refractivity contribution < 1.29 is 14.3 Å². The Kier molecular flexibility index (Phi) is 2.13. The molecule has 1 aromatic carbocycles. The third-order valence-electron chi connectivity index (χ3n) is 3.02. The normalized spacial score (nSPS) is 11.2. The number of carboxylic acid groups (broad SMARTS) is 1. The van der Waals surface area contributed by atoms with Gasteiger partial charge in [0.1, 0.15) is 11.3 Å². The van der Waals surface area contributed by atoms with Crippen LogP contribution in [0.25, 0.3) is 21.9 Å². The van der Waals surface area contributed by atoms with E-state index in [9.17, 15) is 4.79 Å². The Morgan fingerprint density at radius 1 is 1.22 bits per heavy atom. The summed E-state index contributed by atoms with van der Waals surface area (Å²) in [6.45, 7) is 3.79. The Hall–Kier alpha value is -2.36. The van der Waals surface area contributed by atoms with Crippen LogP contribution < -0.4 is 0 Å². The fourth-order valence-electron chi connectivity index (χ4n) is 2.17. The maximum Gasteiger partial charge on any atom is 0.335 e. The van der Waals surface area contributed by atoms with E-state index in [1.807, 2.05) is 19.9 Å². The molecular weight excluding hydrogens is 230 g/mol. The van der Waals surface area contributed by atoms with Gasteiger partial charge in [0.05, 0.1) is 11.1 Å². The molecule has 3 aromatic rings. The van der Waals surface area contributed by atoms with Crippen molar-refractivity contribution in [3.05, 3.63) is 41.3 Å². The van der Waals surface area contributed by atoms with Crippen molar-refractivity contribution in [2.45, 2.75) is 13.8 Å². The average Bonchev–Trinajstić information content (AvgIpc) is 2.71. The van der Waals surface area contributed by atoms with E-state index in [0.717, 1.165) is 27.7 Å². The quantitative estimate of drug-likeness (QED) is 0.710. The van der Waals surface area contributed by atoms with Crippen molar-refractivity contribution in [3.63, 3.8) is 0 Å². The molecule has 0 atom stereocenters. The van der Waals surface area contributed by atoms with Crippen LogP contribution in [0.1, 0.15) is 21.8 Å². The van der Waals surface area contributed by atoms with Crippen LogP contribution in [0.2, 0.25) is 0 Å². The number of hydrogen-bond acceptors (Lipinski definition) is 3. The van der Waals surface area contributed by atoms with E-state index in [0.29, 0.717) is 5.58 Å². The molecule has 0 bridgehead atoms. The fourth-order valence-corrected chi connectivity index (χ4v) is 2.17. The lowest BCUT2D eigenvalue weighted by atomic mass is 10.1. The SMILES string of the molecule is Cc1cc2c(C)nc3ccc(C(=O)O)cc3c2o1. The van der Waals surface area contributed by atoms with Gasteiger partial charge < -0.3 is 9.52 Å². The van der Waals surface area contributed by atoms with Gasteiger partial charge in [-0.1, -0.05) is 0 Å². The minimum Gasteiger partial charge on any atom is -0.478 e. The molecule has 0 saturated carbocycles. The van der Waals surface area contributed by atoms with Crippen molar-refractivity contribution in [2.24, 2.45) is 0 Å². The van der Waals surface area contributed by atoms with E-state index in [4.69, 9.17) is 9.52 Å². The van der Waals surface area contributed by atoms with E-state index in [1.54, 1.807) is 18.2 Å². The monoisotopic (exact) mass is 241 g/mol. The van der Waals surface area contributed by atoms with Crippen LogP contribution in [0.4, 0.5) is 0 Å². The van der Waals surface area contributed by atoms with Crippen LogP contribution in [0.5, 0.6) is 0 Å². The summed E-state index contributed by atoms with van der Waals surface area (Å²) in [4.78, 5) is 15.5. The minimum atomic E-state index is -0.950. The van der Waals surface area contributed by atoms with Gasteiger partial charge in [-0.05, 0) is 38.1 Å². The standard InChI is InChI=1S/C14H11NO3/c1-7-5-10-8(2)15-12-4-3-9(14(16)17)6-11(12)13(10)18-7/h3-6H,1-2H3,(H,16,17). The molecule has 18 heavy (non-hydrogen) atoms. The van der Waals surface area contributed by atoms with Crippen molar-refractivity contribution in [1.29, 1.82) is 0 Å². The Morgan fingerprint density at radius 2 is 2.00 bits per heavy atom. The number of aryl methyl sites for hydroxylation is 2. The van der Waals surface area contributed by atoms with Gasteiger partial charge in [0.25, 0.3) is 0 Å². The molecule has 0 fully saturated rings. The zero-order chi connectivity index (χ0) is 12.9. The van der Waals surface area contributed by atoms with Gasteiger partial charge in [-0.25, -0.2) is 4.79 Å². The number of nitrogens with zero attached hydrogens (tertiary/aromatic N) is 1. The molecule has 0 aliphatic heterocycles. The molecule has 2 heterocycles. The molecule has 0 aliphatic rings. The third kappa shape index (κ3) is 1.46. The van der Waals surface area contributed by atoms with Gasteiger partial charge in [-0.15, -0.1) is 0 Å². The van der Waals surface area contributed by atoms with Gasteiger partial charge in [0.2, 0.25) is 0 Å². The highest BCUT2D eigenvalue weighted by molar-refractivity contribution is 6.06.